The highest BCUT2D eigenvalue weighted by Gasteiger charge is 2.35. The summed E-state index contributed by atoms with van der Waals surface area (Å²) in [5.41, 5.74) is 3.98. The predicted molar refractivity (Wildman–Crippen MR) is 80.8 cm³/mol. The Morgan fingerprint density at radius 1 is 1.16 bits per heavy atom. The second kappa shape index (κ2) is 5.36. The lowest BCUT2D eigenvalue weighted by Gasteiger charge is -2.40. The maximum atomic E-state index is 12.0. The molecule has 2 nitrogen and oxygen atoms in total. The fourth-order valence-corrected chi connectivity index (χ4v) is 3.03. The monoisotopic (exact) mass is 259 g/mol. The van der Waals surface area contributed by atoms with Gasteiger partial charge in [0.15, 0.2) is 0 Å². The number of piperidine rings is 1. The number of anilines is 1. The van der Waals surface area contributed by atoms with E-state index < -0.39 is 0 Å². The first-order valence-electron chi connectivity index (χ1n) is 7.38. The molecule has 104 valence electrons. The predicted octanol–water partition coefficient (Wildman–Crippen LogP) is 3.62. The fraction of sp³-hybridized carbons (Fsp3) is 0.588. The van der Waals surface area contributed by atoms with Crippen LogP contribution in [-0.2, 0) is 17.6 Å². The number of hydrogen-bond donors (Lipinski definition) is 0. The molecular weight excluding hydrogens is 234 g/mol. The minimum atomic E-state index is -0.218. The van der Waals surface area contributed by atoms with Gasteiger partial charge in [0.1, 0.15) is 5.78 Å². The lowest BCUT2D eigenvalue weighted by atomic mass is 9.82. The van der Waals surface area contributed by atoms with E-state index >= 15 is 0 Å². The lowest BCUT2D eigenvalue weighted by molar-refractivity contribution is -0.127. The summed E-state index contributed by atoms with van der Waals surface area (Å²) in [4.78, 5) is 14.4. The zero-order valence-electron chi connectivity index (χ0n) is 12.6. The zero-order valence-corrected chi connectivity index (χ0v) is 12.6. The Kier molecular flexibility index (Phi) is 3.98. The molecular formula is C17H25NO. The van der Waals surface area contributed by atoms with Gasteiger partial charge in [0.2, 0.25) is 0 Å². The molecule has 0 amide bonds. The third-order valence-electron chi connectivity index (χ3n) is 4.23. The van der Waals surface area contributed by atoms with Crippen LogP contribution in [0.1, 0.15) is 45.2 Å². The molecule has 0 radical (unpaired) electrons. The van der Waals surface area contributed by atoms with Crippen molar-refractivity contribution in [1.29, 1.82) is 0 Å². The molecule has 0 N–H and O–H groups in total. The number of benzene rings is 1. The zero-order chi connectivity index (χ0) is 14.0. The van der Waals surface area contributed by atoms with Gasteiger partial charge in [-0.3, -0.25) is 4.79 Å². The van der Waals surface area contributed by atoms with E-state index in [-0.39, 0.29) is 5.41 Å². The number of Topliss-reactive ketones (excluding diaryl/α,β-unsaturated/α-hetero) is 1. The van der Waals surface area contributed by atoms with Crippen molar-refractivity contribution in [2.45, 2.75) is 47.0 Å². The molecule has 0 unspecified atom stereocenters. The van der Waals surface area contributed by atoms with E-state index in [4.69, 9.17) is 0 Å². The number of hydrogen-bond acceptors (Lipinski definition) is 2. The number of carbonyl (C=O) groups excluding carboxylic acids is 1. The van der Waals surface area contributed by atoms with Crippen LogP contribution >= 0.6 is 0 Å². The van der Waals surface area contributed by atoms with Crippen molar-refractivity contribution in [3.8, 4) is 0 Å². The topological polar surface area (TPSA) is 20.3 Å². The van der Waals surface area contributed by atoms with E-state index in [1.807, 2.05) is 0 Å². The second-order valence-electron chi connectivity index (χ2n) is 6.11. The van der Waals surface area contributed by atoms with Gasteiger partial charge in [-0.1, -0.05) is 45.9 Å². The van der Waals surface area contributed by atoms with Gasteiger partial charge < -0.3 is 4.90 Å². The van der Waals surface area contributed by atoms with Gasteiger partial charge in [0.05, 0.1) is 0 Å². The SMILES string of the molecule is CCc1cccc(CC)c1N1CCC(=O)C(C)(C)C1. The maximum absolute atomic E-state index is 12.0. The second-order valence-corrected chi connectivity index (χ2v) is 6.11. The van der Waals surface area contributed by atoms with Crippen LogP contribution in [0.3, 0.4) is 0 Å². The van der Waals surface area contributed by atoms with Crippen LogP contribution < -0.4 is 4.90 Å². The summed E-state index contributed by atoms with van der Waals surface area (Å²) < 4.78 is 0. The maximum Gasteiger partial charge on any atom is 0.142 e. The Morgan fingerprint density at radius 3 is 2.21 bits per heavy atom. The summed E-state index contributed by atoms with van der Waals surface area (Å²) in [5, 5.41) is 0. The minimum absolute atomic E-state index is 0.218. The smallest absolute Gasteiger partial charge is 0.142 e. The number of nitrogens with zero attached hydrogens (tertiary/aromatic N) is 1. The van der Waals surface area contributed by atoms with Crippen molar-refractivity contribution in [1.82, 2.24) is 0 Å². The summed E-state index contributed by atoms with van der Waals surface area (Å²) in [7, 11) is 0. The molecule has 1 aliphatic heterocycles. The standard InChI is InChI=1S/C17H25NO/c1-5-13-8-7-9-14(6-2)16(13)18-11-10-15(19)17(3,4)12-18/h7-9H,5-6,10-12H2,1-4H3. The molecule has 0 bridgehead atoms. The van der Waals surface area contributed by atoms with Gasteiger partial charge in [-0.05, 0) is 24.0 Å². The molecule has 1 saturated heterocycles. The van der Waals surface area contributed by atoms with Gasteiger partial charge in [-0.25, -0.2) is 0 Å². The van der Waals surface area contributed by atoms with Crippen molar-refractivity contribution >= 4 is 11.5 Å². The van der Waals surface area contributed by atoms with Gasteiger partial charge in [0, 0.05) is 30.6 Å². The van der Waals surface area contributed by atoms with Crippen LogP contribution in [0.25, 0.3) is 0 Å². The van der Waals surface area contributed by atoms with Crippen molar-refractivity contribution < 1.29 is 4.79 Å². The first-order valence-corrected chi connectivity index (χ1v) is 7.38. The summed E-state index contributed by atoms with van der Waals surface area (Å²) in [6.45, 7) is 10.3. The molecule has 0 atom stereocenters. The molecule has 0 aliphatic carbocycles. The minimum Gasteiger partial charge on any atom is -0.370 e. The molecule has 1 aromatic carbocycles. The molecule has 0 spiro atoms. The van der Waals surface area contributed by atoms with Crippen LogP contribution in [0, 0.1) is 5.41 Å². The van der Waals surface area contributed by atoms with E-state index in [9.17, 15) is 4.79 Å². The number of carbonyl (C=O) groups is 1. The van der Waals surface area contributed by atoms with E-state index in [0.717, 1.165) is 25.9 Å². The van der Waals surface area contributed by atoms with Crippen molar-refractivity contribution in [2.75, 3.05) is 18.0 Å². The van der Waals surface area contributed by atoms with Crippen LogP contribution in [0.4, 0.5) is 5.69 Å². The molecule has 0 saturated carbocycles. The Labute approximate surface area is 116 Å². The number of para-hydroxylation sites is 1. The first kappa shape index (κ1) is 14.1. The Hall–Kier alpha value is -1.31. The highest BCUT2D eigenvalue weighted by Crippen LogP contribution is 2.33. The van der Waals surface area contributed by atoms with E-state index in [1.54, 1.807) is 0 Å². The largest absolute Gasteiger partial charge is 0.370 e. The number of ketones is 1. The third-order valence-corrected chi connectivity index (χ3v) is 4.23. The fourth-order valence-electron chi connectivity index (χ4n) is 3.03. The highest BCUT2D eigenvalue weighted by atomic mass is 16.1. The van der Waals surface area contributed by atoms with Gasteiger partial charge in [-0.15, -0.1) is 0 Å². The Balaban J connectivity index is 2.39. The summed E-state index contributed by atoms with van der Waals surface area (Å²) >= 11 is 0. The highest BCUT2D eigenvalue weighted by molar-refractivity contribution is 5.87. The molecule has 0 aromatic heterocycles. The molecule has 1 aliphatic rings. The molecule has 1 heterocycles. The number of aryl methyl sites for hydroxylation is 2. The van der Waals surface area contributed by atoms with Crippen LogP contribution in [-0.4, -0.2) is 18.9 Å². The average Bonchev–Trinajstić information content (AvgIpc) is 2.40. The summed E-state index contributed by atoms with van der Waals surface area (Å²) in [6.07, 6.45) is 2.77. The van der Waals surface area contributed by atoms with Crippen molar-refractivity contribution in [2.24, 2.45) is 5.41 Å². The molecule has 19 heavy (non-hydrogen) atoms. The number of rotatable bonds is 3. The Morgan fingerprint density at radius 2 is 1.74 bits per heavy atom. The normalized spacial score (nSPS) is 18.7. The molecule has 1 fully saturated rings. The average molecular weight is 259 g/mol. The van der Waals surface area contributed by atoms with Crippen molar-refractivity contribution in [3.05, 3.63) is 29.3 Å². The third kappa shape index (κ3) is 2.68. The van der Waals surface area contributed by atoms with Crippen LogP contribution in [0.2, 0.25) is 0 Å². The molecule has 2 heteroatoms. The Bertz CT molecular complexity index is 454. The first-order chi connectivity index (χ1) is 8.99. The van der Waals surface area contributed by atoms with E-state index in [0.29, 0.717) is 12.2 Å². The van der Waals surface area contributed by atoms with Gasteiger partial charge >= 0.3 is 0 Å². The quantitative estimate of drug-likeness (QED) is 0.826. The van der Waals surface area contributed by atoms with Gasteiger partial charge in [0.25, 0.3) is 0 Å². The van der Waals surface area contributed by atoms with Crippen LogP contribution in [0.15, 0.2) is 18.2 Å². The molecule has 2 rings (SSSR count). The lowest BCUT2D eigenvalue weighted by Crippen LogP contribution is -2.46. The van der Waals surface area contributed by atoms with E-state index in [2.05, 4.69) is 50.8 Å². The van der Waals surface area contributed by atoms with Crippen molar-refractivity contribution in [3.63, 3.8) is 0 Å². The summed E-state index contributed by atoms with van der Waals surface area (Å²) in [6, 6.07) is 6.59. The molecule has 1 aromatic rings. The van der Waals surface area contributed by atoms with Crippen LogP contribution in [0.5, 0.6) is 0 Å². The summed E-state index contributed by atoms with van der Waals surface area (Å²) in [5.74, 6) is 0.399. The van der Waals surface area contributed by atoms with Gasteiger partial charge in [-0.2, -0.15) is 0 Å². The van der Waals surface area contributed by atoms with E-state index in [1.165, 1.54) is 16.8 Å².